The second-order valence-corrected chi connectivity index (χ2v) is 9.37. The summed E-state index contributed by atoms with van der Waals surface area (Å²) < 4.78 is 27.6. The molecule has 2 atom stereocenters. The molecule has 2 rings (SSSR count). The minimum Gasteiger partial charge on any atom is -0.370 e. The molecule has 0 bridgehead atoms. The highest BCUT2D eigenvalue weighted by molar-refractivity contribution is 7.89. The van der Waals surface area contributed by atoms with Crippen LogP contribution in [-0.4, -0.2) is 73.4 Å². The summed E-state index contributed by atoms with van der Waals surface area (Å²) in [5.41, 5.74) is 16.9. The van der Waals surface area contributed by atoms with Crippen molar-refractivity contribution in [3.8, 4) is 0 Å². The number of hydrogen-bond acceptors (Lipinski definition) is 7. The predicted molar refractivity (Wildman–Crippen MR) is 119 cm³/mol. The number of carbonyl (C=O) groups is 3. The van der Waals surface area contributed by atoms with Gasteiger partial charge in [-0.1, -0.05) is 17.7 Å². The van der Waals surface area contributed by atoms with Gasteiger partial charge in [0.05, 0.1) is 11.4 Å². The molecule has 0 radical (unpaired) electrons. The van der Waals surface area contributed by atoms with Crippen LogP contribution < -0.4 is 17.2 Å². The average molecular weight is 467 g/mol. The topological polar surface area (TPSA) is 182 Å². The SMILES string of the molecule is Cc1ccc(S(=O)(=O)N(C(=O)[C@@H]2CCCN2C(=O)CN)[C@H](C=O)CCCN=C(N)N)cc1. The number of sulfonamides is 1. The van der Waals surface area contributed by atoms with Gasteiger partial charge in [0.15, 0.2) is 5.96 Å². The van der Waals surface area contributed by atoms with Crippen molar-refractivity contribution in [3.05, 3.63) is 29.8 Å². The van der Waals surface area contributed by atoms with E-state index in [4.69, 9.17) is 17.2 Å². The third-order valence-electron chi connectivity index (χ3n) is 5.24. The third kappa shape index (κ3) is 5.82. The van der Waals surface area contributed by atoms with Crippen LogP contribution in [0.1, 0.15) is 31.2 Å². The fourth-order valence-electron chi connectivity index (χ4n) is 3.62. The first-order chi connectivity index (χ1) is 15.1. The maximum Gasteiger partial charge on any atom is 0.267 e. The number of rotatable bonds is 10. The second kappa shape index (κ2) is 11.0. The van der Waals surface area contributed by atoms with Crippen LogP contribution >= 0.6 is 0 Å². The van der Waals surface area contributed by atoms with E-state index in [0.717, 1.165) is 5.56 Å². The van der Waals surface area contributed by atoms with Gasteiger partial charge < -0.3 is 26.9 Å². The molecule has 1 aliphatic heterocycles. The van der Waals surface area contributed by atoms with Gasteiger partial charge in [0, 0.05) is 13.1 Å². The largest absolute Gasteiger partial charge is 0.370 e. The van der Waals surface area contributed by atoms with E-state index in [1.54, 1.807) is 19.1 Å². The average Bonchev–Trinajstić information content (AvgIpc) is 3.25. The van der Waals surface area contributed by atoms with Crippen molar-refractivity contribution in [2.45, 2.75) is 49.6 Å². The molecule has 0 spiro atoms. The zero-order chi connectivity index (χ0) is 23.9. The molecule has 6 N–H and O–H groups in total. The normalized spacial score (nSPS) is 16.9. The standard InChI is InChI=1S/C20H30N6O5S/c1-14-6-8-16(9-7-14)32(30,31)26(15(13-27)4-2-10-24-20(22)23)19(29)17-5-3-11-25(17)18(28)12-21/h6-9,13,15,17H,2-5,10-12,21H2,1H3,(H4,22,23,24)/t15-,17-/m0/s1. The minimum atomic E-state index is -4.38. The lowest BCUT2D eigenvalue weighted by Crippen LogP contribution is -2.54. The number of guanidine groups is 1. The molecule has 1 aromatic rings. The van der Waals surface area contributed by atoms with E-state index in [-0.39, 0.29) is 43.2 Å². The number of aldehydes is 1. The lowest BCUT2D eigenvalue weighted by atomic mass is 10.1. The first kappa shape index (κ1) is 25.3. The lowest BCUT2D eigenvalue weighted by Gasteiger charge is -2.32. The molecule has 176 valence electrons. The Balaban J connectivity index is 2.44. The zero-order valence-electron chi connectivity index (χ0n) is 18.0. The molecule has 0 aliphatic carbocycles. The van der Waals surface area contributed by atoms with Crippen LogP contribution in [0.5, 0.6) is 0 Å². The maximum absolute atomic E-state index is 13.5. The van der Waals surface area contributed by atoms with E-state index in [1.165, 1.54) is 17.0 Å². The molecule has 2 amide bonds. The lowest BCUT2D eigenvalue weighted by molar-refractivity contribution is -0.141. The smallest absolute Gasteiger partial charge is 0.267 e. The van der Waals surface area contributed by atoms with Crippen molar-refractivity contribution < 1.29 is 22.8 Å². The quantitative estimate of drug-likeness (QED) is 0.171. The molecule has 0 saturated carbocycles. The van der Waals surface area contributed by atoms with Gasteiger partial charge in [0.2, 0.25) is 5.91 Å². The second-order valence-electron chi connectivity index (χ2n) is 7.55. The van der Waals surface area contributed by atoms with Crippen LogP contribution in [0.2, 0.25) is 0 Å². The number of amides is 2. The van der Waals surface area contributed by atoms with Gasteiger partial charge in [0.25, 0.3) is 15.9 Å². The van der Waals surface area contributed by atoms with Crippen LogP contribution in [0, 0.1) is 6.92 Å². The number of nitrogens with zero attached hydrogens (tertiary/aromatic N) is 3. The van der Waals surface area contributed by atoms with Crippen LogP contribution in [0.4, 0.5) is 0 Å². The van der Waals surface area contributed by atoms with Crippen LogP contribution in [-0.2, 0) is 24.4 Å². The van der Waals surface area contributed by atoms with Crippen molar-refractivity contribution in [1.29, 1.82) is 0 Å². The summed E-state index contributed by atoms with van der Waals surface area (Å²) in [6, 6.07) is 3.67. The summed E-state index contributed by atoms with van der Waals surface area (Å²) in [5, 5.41) is 0. The van der Waals surface area contributed by atoms with Crippen molar-refractivity contribution in [3.63, 3.8) is 0 Å². The van der Waals surface area contributed by atoms with E-state index in [0.29, 0.717) is 23.6 Å². The Labute approximate surface area is 187 Å². The monoisotopic (exact) mass is 466 g/mol. The Morgan fingerprint density at radius 3 is 2.50 bits per heavy atom. The maximum atomic E-state index is 13.5. The molecule has 1 saturated heterocycles. The van der Waals surface area contributed by atoms with Crippen LogP contribution in [0.3, 0.4) is 0 Å². The highest BCUT2D eigenvalue weighted by Crippen LogP contribution is 2.26. The van der Waals surface area contributed by atoms with E-state index in [2.05, 4.69) is 4.99 Å². The zero-order valence-corrected chi connectivity index (χ0v) is 18.8. The summed E-state index contributed by atoms with van der Waals surface area (Å²) in [5.74, 6) is -1.41. The Bertz CT molecular complexity index is 959. The Morgan fingerprint density at radius 2 is 1.94 bits per heavy atom. The molecular formula is C20H30N6O5S. The molecule has 0 unspecified atom stereocenters. The van der Waals surface area contributed by atoms with Gasteiger partial charge in [-0.3, -0.25) is 14.6 Å². The Morgan fingerprint density at radius 1 is 1.28 bits per heavy atom. The number of aliphatic imine (C=N–C) groups is 1. The molecule has 32 heavy (non-hydrogen) atoms. The summed E-state index contributed by atoms with van der Waals surface area (Å²) in [6.07, 6.45) is 1.52. The molecule has 1 heterocycles. The van der Waals surface area contributed by atoms with Crippen molar-refractivity contribution in [2.75, 3.05) is 19.6 Å². The third-order valence-corrected chi connectivity index (χ3v) is 7.08. The van der Waals surface area contributed by atoms with Crippen molar-refractivity contribution in [2.24, 2.45) is 22.2 Å². The highest BCUT2D eigenvalue weighted by atomic mass is 32.2. The number of likely N-dealkylation sites (tertiary alicyclic amines) is 1. The van der Waals surface area contributed by atoms with E-state index >= 15 is 0 Å². The fourth-order valence-corrected chi connectivity index (χ4v) is 5.20. The number of benzene rings is 1. The van der Waals surface area contributed by atoms with Gasteiger partial charge in [-0.2, -0.15) is 0 Å². The molecule has 0 aromatic heterocycles. The molecule has 1 aliphatic rings. The fraction of sp³-hybridized carbons (Fsp3) is 0.500. The van der Waals surface area contributed by atoms with Gasteiger partial charge in [-0.15, -0.1) is 0 Å². The van der Waals surface area contributed by atoms with E-state index in [1.807, 2.05) is 0 Å². The van der Waals surface area contributed by atoms with Crippen molar-refractivity contribution in [1.82, 2.24) is 9.21 Å². The summed E-state index contributed by atoms with van der Waals surface area (Å²) in [4.78, 5) is 42.6. The Hall–Kier alpha value is -2.99. The predicted octanol–water partition coefficient (Wildman–Crippen LogP) is -0.917. The van der Waals surface area contributed by atoms with Crippen LogP contribution in [0.15, 0.2) is 34.2 Å². The van der Waals surface area contributed by atoms with Gasteiger partial charge in [-0.25, -0.2) is 12.7 Å². The number of aryl methyl sites for hydroxylation is 1. The molecule has 12 heteroatoms. The number of nitrogens with two attached hydrogens (primary N) is 3. The number of hydrogen-bond donors (Lipinski definition) is 3. The summed E-state index contributed by atoms with van der Waals surface area (Å²) >= 11 is 0. The van der Waals surface area contributed by atoms with Crippen molar-refractivity contribution >= 4 is 34.1 Å². The summed E-state index contributed by atoms with van der Waals surface area (Å²) in [7, 11) is -4.38. The Kier molecular flexibility index (Phi) is 8.72. The first-order valence-electron chi connectivity index (χ1n) is 10.3. The minimum absolute atomic E-state index is 0.0225. The molecular weight excluding hydrogens is 436 g/mol. The highest BCUT2D eigenvalue weighted by Gasteiger charge is 2.43. The molecule has 1 aromatic carbocycles. The number of carbonyl (C=O) groups excluding carboxylic acids is 3. The van der Waals surface area contributed by atoms with Gasteiger partial charge in [0.1, 0.15) is 18.4 Å². The van der Waals surface area contributed by atoms with E-state index in [9.17, 15) is 22.8 Å². The molecule has 1 fully saturated rings. The molecule has 11 nitrogen and oxygen atoms in total. The summed E-state index contributed by atoms with van der Waals surface area (Å²) in [6.45, 7) is 1.96. The van der Waals surface area contributed by atoms with Gasteiger partial charge >= 0.3 is 0 Å². The van der Waals surface area contributed by atoms with Gasteiger partial charge in [-0.05, 0) is 44.7 Å². The first-order valence-corrected chi connectivity index (χ1v) is 11.7. The van der Waals surface area contributed by atoms with E-state index < -0.39 is 33.9 Å². The van der Waals surface area contributed by atoms with Crippen LogP contribution in [0.25, 0.3) is 0 Å².